The third-order valence-electron chi connectivity index (χ3n) is 2.90. The maximum absolute atomic E-state index is 10.7. The number of allylic oxidation sites excluding steroid dienone is 1. The largest absolute Gasteiger partial charge is 0.379 e. The summed E-state index contributed by atoms with van der Waals surface area (Å²) >= 11 is 0. The predicted octanol–water partition coefficient (Wildman–Crippen LogP) is 0.0846. The Hall–Kier alpha value is -1.24. The van der Waals surface area contributed by atoms with Crippen molar-refractivity contribution in [3.05, 3.63) is 11.6 Å². The van der Waals surface area contributed by atoms with Crippen LogP contribution >= 0.6 is 0 Å². The maximum atomic E-state index is 10.7. The average molecular weight is 270 g/mol. The molecule has 0 heterocycles. The van der Waals surface area contributed by atoms with Crippen LogP contribution in [0.4, 0.5) is 0 Å². The van der Waals surface area contributed by atoms with Gasteiger partial charge in [-0.1, -0.05) is 0 Å². The number of aliphatic imine (C=N–C) groups is 1. The molecule has 110 valence electrons. The number of primary amides is 1. The highest BCUT2D eigenvalue weighted by atomic mass is 16.3. The van der Waals surface area contributed by atoms with Crippen molar-refractivity contribution in [1.82, 2.24) is 10.2 Å². The average Bonchev–Trinajstić information content (AvgIpc) is 2.34. The van der Waals surface area contributed by atoms with Gasteiger partial charge in [0, 0.05) is 24.4 Å². The van der Waals surface area contributed by atoms with Gasteiger partial charge in [0.15, 0.2) is 0 Å². The highest BCUT2D eigenvalue weighted by molar-refractivity contribution is 5.95. The Bertz CT molecular complexity index is 327. The molecule has 0 saturated heterocycles. The van der Waals surface area contributed by atoms with Crippen LogP contribution in [0.2, 0.25) is 0 Å². The minimum absolute atomic E-state index is 0.305. The van der Waals surface area contributed by atoms with E-state index in [-0.39, 0.29) is 0 Å². The summed E-state index contributed by atoms with van der Waals surface area (Å²) in [7, 11) is 1.88. The highest BCUT2D eigenvalue weighted by Gasteiger charge is 2.06. The second kappa shape index (κ2) is 9.66. The Kier molecular flexibility index (Phi) is 9.03. The molecule has 6 heteroatoms. The SMILES string of the molecule is C/C(=C\C=NCNC(C)CCN(C)C(C)O)C(N)=O. The van der Waals surface area contributed by atoms with E-state index >= 15 is 0 Å². The molecule has 0 fully saturated rings. The van der Waals surface area contributed by atoms with E-state index in [1.54, 1.807) is 26.1 Å². The molecule has 6 nitrogen and oxygen atoms in total. The van der Waals surface area contributed by atoms with Gasteiger partial charge in [-0.15, -0.1) is 0 Å². The smallest absolute Gasteiger partial charge is 0.244 e. The Morgan fingerprint density at radius 2 is 2.16 bits per heavy atom. The van der Waals surface area contributed by atoms with Gasteiger partial charge in [0.2, 0.25) is 5.91 Å². The van der Waals surface area contributed by atoms with Gasteiger partial charge in [0.1, 0.15) is 6.23 Å². The summed E-state index contributed by atoms with van der Waals surface area (Å²) in [5.74, 6) is -0.436. The summed E-state index contributed by atoms with van der Waals surface area (Å²) in [4.78, 5) is 16.7. The van der Waals surface area contributed by atoms with Crippen LogP contribution in [0, 0.1) is 0 Å². The molecule has 19 heavy (non-hydrogen) atoms. The van der Waals surface area contributed by atoms with E-state index in [1.807, 2.05) is 11.9 Å². The lowest BCUT2D eigenvalue weighted by molar-refractivity contribution is -0.114. The molecule has 0 rings (SSSR count). The Labute approximate surface area is 115 Å². The molecule has 2 atom stereocenters. The van der Waals surface area contributed by atoms with E-state index in [1.165, 1.54) is 0 Å². The molecular weight excluding hydrogens is 244 g/mol. The van der Waals surface area contributed by atoms with Crippen molar-refractivity contribution in [3.8, 4) is 0 Å². The molecule has 0 saturated carbocycles. The Morgan fingerprint density at radius 1 is 1.53 bits per heavy atom. The number of carbonyl (C=O) groups is 1. The Morgan fingerprint density at radius 3 is 2.68 bits per heavy atom. The van der Waals surface area contributed by atoms with Gasteiger partial charge < -0.3 is 10.8 Å². The molecule has 0 spiro atoms. The molecule has 4 N–H and O–H groups in total. The topological polar surface area (TPSA) is 90.9 Å². The first-order chi connectivity index (χ1) is 8.84. The quantitative estimate of drug-likeness (QED) is 0.314. The van der Waals surface area contributed by atoms with Crippen LogP contribution in [0.25, 0.3) is 0 Å². The first-order valence-corrected chi connectivity index (χ1v) is 6.42. The van der Waals surface area contributed by atoms with E-state index < -0.39 is 12.1 Å². The van der Waals surface area contributed by atoms with E-state index in [2.05, 4.69) is 17.2 Å². The lowest BCUT2D eigenvalue weighted by Gasteiger charge is -2.21. The molecule has 0 aromatic heterocycles. The van der Waals surface area contributed by atoms with Gasteiger partial charge >= 0.3 is 0 Å². The molecule has 0 bridgehead atoms. The Balaban J connectivity index is 3.80. The number of amides is 1. The normalized spacial score (nSPS) is 16.0. The third-order valence-corrected chi connectivity index (χ3v) is 2.90. The number of nitrogens with one attached hydrogen (secondary N) is 1. The number of hydrogen-bond acceptors (Lipinski definition) is 5. The molecule has 0 aliphatic rings. The van der Waals surface area contributed by atoms with E-state index in [4.69, 9.17) is 5.73 Å². The van der Waals surface area contributed by atoms with Gasteiger partial charge in [-0.25, -0.2) is 0 Å². The van der Waals surface area contributed by atoms with Crippen LogP contribution in [0.3, 0.4) is 0 Å². The minimum Gasteiger partial charge on any atom is -0.379 e. The number of aliphatic hydroxyl groups is 1. The number of hydrogen-bond donors (Lipinski definition) is 3. The van der Waals surface area contributed by atoms with E-state index in [0.29, 0.717) is 18.3 Å². The monoisotopic (exact) mass is 270 g/mol. The fourth-order valence-corrected chi connectivity index (χ4v) is 1.19. The van der Waals surface area contributed by atoms with Crippen LogP contribution in [0.15, 0.2) is 16.6 Å². The summed E-state index contributed by atoms with van der Waals surface area (Å²) in [5, 5.41) is 12.5. The van der Waals surface area contributed by atoms with Crippen LogP contribution in [-0.2, 0) is 4.79 Å². The first-order valence-electron chi connectivity index (χ1n) is 6.42. The molecule has 0 aliphatic heterocycles. The summed E-state index contributed by atoms with van der Waals surface area (Å²) in [6, 6.07) is 0.305. The number of rotatable bonds is 9. The minimum atomic E-state index is -0.436. The molecule has 0 aromatic carbocycles. The van der Waals surface area contributed by atoms with Gasteiger partial charge in [0.25, 0.3) is 0 Å². The van der Waals surface area contributed by atoms with Crippen LogP contribution in [0.1, 0.15) is 27.2 Å². The third kappa shape index (κ3) is 9.35. The molecule has 0 radical (unpaired) electrons. The zero-order valence-corrected chi connectivity index (χ0v) is 12.3. The number of carbonyl (C=O) groups excluding carboxylic acids is 1. The summed E-state index contributed by atoms with van der Waals surface area (Å²) < 4.78 is 0. The van der Waals surface area contributed by atoms with Crippen molar-refractivity contribution < 1.29 is 9.90 Å². The van der Waals surface area contributed by atoms with Gasteiger partial charge in [-0.05, 0) is 40.3 Å². The standard InChI is InChI=1S/C13H26N4O2/c1-10(13(14)19)5-7-15-9-16-11(2)6-8-17(4)12(3)18/h5,7,11-12,16,18H,6,8-9H2,1-4H3,(H2,14,19)/b10-5+,15-7?. The first kappa shape index (κ1) is 17.8. The summed E-state index contributed by atoms with van der Waals surface area (Å²) in [6.07, 6.45) is 3.66. The fraction of sp³-hybridized carbons (Fsp3) is 0.692. The number of nitrogens with zero attached hydrogens (tertiary/aromatic N) is 2. The van der Waals surface area contributed by atoms with E-state index in [9.17, 15) is 9.90 Å². The fourth-order valence-electron chi connectivity index (χ4n) is 1.19. The van der Waals surface area contributed by atoms with Gasteiger partial charge in [0.05, 0.1) is 6.67 Å². The van der Waals surface area contributed by atoms with Gasteiger partial charge in [-0.2, -0.15) is 0 Å². The zero-order chi connectivity index (χ0) is 14.8. The molecule has 0 aliphatic carbocycles. The highest BCUT2D eigenvalue weighted by Crippen LogP contribution is 1.96. The lowest BCUT2D eigenvalue weighted by Crippen LogP contribution is -2.34. The molecule has 2 unspecified atom stereocenters. The number of nitrogens with two attached hydrogens (primary N) is 1. The van der Waals surface area contributed by atoms with Crippen LogP contribution in [-0.4, -0.2) is 54.7 Å². The van der Waals surface area contributed by atoms with Crippen LogP contribution < -0.4 is 11.1 Å². The van der Waals surface area contributed by atoms with Crippen molar-refractivity contribution in [2.24, 2.45) is 10.7 Å². The molecule has 0 aromatic rings. The van der Waals surface area contributed by atoms with Crippen molar-refractivity contribution in [1.29, 1.82) is 0 Å². The second-order valence-corrected chi connectivity index (χ2v) is 4.71. The van der Waals surface area contributed by atoms with Crippen molar-refractivity contribution in [3.63, 3.8) is 0 Å². The summed E-state index contributed by atoms with van der Waals surface area (Å²) in [6.45, 7) is 6.76. The van der Waals surface area contributed by atoms with Gasteiger partial charge in [-0.3, -0.25) is 20.0 Å². The van der Waals surface area contributed by atoms with E-state index in [0.717, 1.165) is 13.0 Å². The van der Waals surface area contributed by atoms with Crippen molar-refractivity contribution in [2.45, 2.75) is 39.5 Å². The van der Waals surface area contributed by atoms with Crippen molar-refractivity contribution in [2.75, 3.05) is 20.3 Å². The zero-order valence-electron chi connectivity index (χ0n) is 12.3. The molecular formula is C13H26N4O2. The maximum Gasteiger partial charge on any atom is 0.244 e. The lowest BCUT2D eigenvalue weighted by atomic mass is 10.2. The predicted molar refractivity (Wildman–Crippen MR) is 77.8 cm³/mol. The second-order valence-electron chi connectivity index (χ2n) is 4.71. The van der Waals surface area contributed by atoms with Crippen molar-refractivity contribution >= 4 is 12.1 Å². The molecule has 1 amide bonds. The summed E-state index contributed by atoms with van der Waals surface area (Å²) in [5.41, 5.74) is 5.56. The number of aliphatic hydroxyl groups excluding tert-OH is 1. The van der Waals surface area contributed by atoms with Crippen LogP contribution in [0.5, 0.6) is 0 Å².